The molecule has 176 valence electrons. The van der Waals surface area contributed by atoms with Crippen molar-refractivity contribution in [3.63, 3.8) is 0 Å². The molecule has 4 rings (SSSR count). The maximum absolute atomic E-state index is 14.4. The minimum atomic E-state index is -1.57. The Morgan fingerprint density at radius 3 is 2.79 bits per heavy atom. The van der Waals surface area contributed by atoms with E-state index in [9.17, 15) is 23.5 Å². The number of anilines is 2. The molecule has 10 heteroatoms. The number of halogens is 3. The highest BCUT2D eigenvalue weighted by molar-refractivity contribution is 6.30. The van der Waals surface area contributed by atoms with Gasteiger partial charge in [-0.2, -0.15) is 0 Å². The number of nitrogens with zero attached hydrogens (tertiary/aromatic N) is 1. The van der Waals surface area contributed by atoms with Gasteiger partial charge in [-0.05, 0) is 36.8 Å². The highest BCUT2D eigenvalue weighted by atomic mass is 35.5. The Balaban J connectivity index is 1.54. The van der Waals surface area contributed by atoms with Crippen molar-refractivity contribution in [1.29, 1.82) is 0 Å². The normalized spacial score (nSPS) is 22.4. The summed E-state index contributed by atoms with van der Waals surface area (Å²) < 4.78 is 39.8. The molecule has 0 aromatic heterocycles. The molecule has 1 fully saturated rings. The van der Waals surface area contributed by atoms with E-state index in [1.54, 1.807) is 11.0 Å². The number of hydrogen-bond acceptors (Lipinski definition) is 6. The number of amides is 1. The average molecular weight is 481 g/mol. The number of aliphatic hydroxyl groups is 1. The maximum atomic E-state index is 14.4. The maximum Gasteiger partial charge on any atom is 0.303 e. The summed E-state index contributed by atoms with van der Waals surface area (Å²) in [5.74, 6) is -1.65. The number of fused-ring (bicyclic) bond motifs is 1. The first-order valence-corrected chi connectivity index (χ1v) is 10.9. The Morgan fingerprint density at radius 1 is 1.27 bits per heavy atom. The summed E-state index contributed by atoms with van der Waals surface area (Å²) in [5, 5.41) is 14.1. The van der Waals surface area contributed by atoms with Crippen molar-refractivity contribution in [2.24, 2.45) is 0 Å². The first kappa shape index (κ1) is 23.3. The van der Waals surface area contributed by atoms with E-state index in [0.717, 1.165) is 0 Å². The van der Waals surface area contributed by atoms with Gasteiger partial charge in [0, 0.05) is 36.9 Å². The molecule has 2 atom stereocenters. The van der Waals surface area contributed by atoms with Crippen LogP contribution in [-0.4, -0.2) is 48.4 Å². The van der Waals surface area contributed by atoms with Crippen LogP contribution in [0.2, 0.25) is 5.02 Å². The van der Waals surface area contributed by atoms with Gasteiger partial charge in [-0.3, -0.25) is 9.59 Å². The lowest BCUT2D eigenvalue weighted by molar-refractivity contribution is -0.169. The third-order valence-electron chi connectivity index (χ3n) is 5.92. The molecule has 0 bridgehead atoms. The Kier molecular flexibility index (Phi) is 6.45. The number of esters is 1. The lowest BCUT2D eigenvalue weighted by Crippen LogP contribution is -2.60. The predicted molar refractivity (Wildman–Crippen MR) is 118 cm³/mol. The largest absolute Gasteiger partial charge is 0.490 e. The second kappa shape index (κ2) is 9.15. The van der Waals surface area contributed by atoms with Crippen molar-refractivity contribution in [3.8, 4) is 5.75 Å². The van der Waals surface area contributed by atoms with Gasteiger partial charge < -0.3 is 24.8 Å². The number of rotatable bonds is 5. The summed E-state index contributed by atoms with van der Waals surface area (Å²) in [4.78, 5) is 25.0. The van der Waals surface area contributed by atoms with E-state index >= 15 is 0 Å². The van der Waals surface area contributed by atoms with Crippen LogP contribution < -0.4 is 15.0 Å². The van der Waals surface area contributed by atoms with Gasteiger partial charge in [0.15, 0.2) is 6.10 Å². The minimum absolute atomic E-state index is 0.0373. The van der Waals surface area contributed by atoms with E-state index < -0.39 is 29.3 Å². The van der Waals surface area contributed by atoms with E-state index in [-0.39, 0.29) is 54.8 Å². The highest BCUT2D eigenvalue weighted by Crippen LogP contribution is 2.36. The summed E-state index contributed by atoms with van der Waals surface area (Å²) in [6.07, 6.45) is -0.402. The third kappa shape index (κ3) is 4.89. The SMILES string of the molecule is CC(=O)O[C@H]1CN(c2ccc(Cl)cc2F)CC[C@]1(O)COc1ccc(F)c2c1CCC(=O)N2. The molecule has 2 N–H and O–H groups in total. The van der Waals surface area contributed by atoms with Crippen LogP contribution in [0, 0.1) is 11.6 Å². The molecule has 2 heterocycles. The number of hydrogen-bond donors (Lipinski definition) is 2. The summed E-state index contributed by atoms with van der Waals surface area (Å²) in [7, 11) is 0. The van der Waals surface area contributed by atoms with Crippen molar-refractivity contribution < 1.29 is 33.0 Å². The standard InChI is InChI=1S/C23H23ClF2N2O5/c1-13(29)33-20-11-28(18-5-2-14(24)10-17(18)26)9-8-23(20,31)12-32-19-6-4-16(25)22-15(19)3-7-21(30)27-22/h2,4-6,10,20,31H,3,7-9,11-12H2,1H3,(H,27,30)/t20-,23-/m0/s1. The van der Waals surface area contributed by atoms with Gasteiger partial charge in [-0.1, -0.05) is 11.6 Å². The molecule has 2 aliphatic heterocycles. The summed E-state index contributed by atoms with van der Waals surface area (Å²) in [5.41, 5.74) is -0.712. The van der Waals surface area contributed by atoms with Crippen molar-refractivity contribution in [2.75, 3.05) is 29.9 Å². The van der Waals surface area contributed by atoms with Gasteiger partial charge in [0.2, 0.25) is 5.91 Å². The zero-order valence-electron chi connectivity index (χ0n) is 17.9. The highest BCUT2D eigenvalue weighted by Gasteiger charge is 2.45. The number of benzene rings is 2. The van der Waals surface area contributed by atoms with Crippen molar-refractivity contribution >= 4 is 34.9 Å². The predicted octanol–water partition coefficient (Wildman–Crippen LogP) is 3.45. The molecule has 33 heavy (non-hydrogen) atoms. The van der Waals surface area contributed by atoms with Crippen molar-refractivity contribution in [1.82, 2.24) is 0 Å². The van der Waals surface area contributed by atoms with Gasteiger partial charge in [-0.15, -0.1) is 0 Å². The molecule has 0 spiro atoms. The molecule has 0 radical (unpaired) electrons. The molecular formula is C23H23ClF2N2O5. The number of carbonyl (C=O) groups excluding carboxylic acids is 2. The first-order chi connectivity index (χ1) is 15.7. The minimum Gasteiger partial charge on any atom is -0.490 e. The second-order valence-corrected chi connectivity index (χ2v) is 8.67. The van der Waals surface area contributed by atoms with Gasteiger partial charge in [0.1, 0.15) is 29.6 Å². The molecule has 2 aromatic carbocycles. The van der Waals surface area contributed by atoms with E-state index in [1.165, 1.54) is 31.2 Å². The van der Waals surface area contributed by atoms with E-state index in [4.69, 9.17) is 21.1 Å². The first-order valence-electron chi connectivity index (χ1n) is 10.5. The number of carbonyl (C=O) groups is 2. The lowest BCUT2D eigenvalue weighted by atomic mass is 9.88. The number of piperidine rings is 1. The van der Waals surface area contributed by atoms with Crippen LogP contribution >= 0.6 is 11.6 Å². The average Bonchev–Trinajstić information content (AvgIpc) is 2.75. The zero-order valence-corrected chi connectivity index (χ0v) is 18.6. The van der Waals surface area contributed by atoms with Crippen LogP contribution in [0.5, 0.6) is 5.75 Å². The number of nitrogens with one attached hydrogen (secondary N) is 1. The molecule has 1 saturated heterocycles. The summed E-state index contributed by atoms with van der Waals surface area (Å²) in [6.45, 7) is 1.29. The van der Waals surface area contributed by atoms with Gasteiger partial charge in [0.05, 0.1) is 17.9 Å². The van der Waals surface area contributed by atoms with Gasteiger partial charge in [-0.25, -0.2) is 8.78 Å². The monoisotopic (exact) mass is 480 g/mol. The Bertz CT molecular complexity index is 1100. The summed E-state index contributed by atoms with van der Waals surface area (Å²) in [6, 6.07) is 6.90. The quantitative estimate of drug-likeness (QED) is 0.637. The van der Waals surface area contributed by atoms with Gasteiger partial charge >= 0.3 is 5.97 Å². The smallest absolute Gasteiger partial charge is 0.303 e. The van der Waals surface area contributed by atoms with Crippen LogP contribution in [0.15, 0.2) is 30.3 Å². The molecular weight excluding hydrogens is 458 g/mol. The molecule has 2 aromatic rings. The zero-order chi connectivity index (χ0) is 23.8. The summed E-state index contributed by atoms with van der Waals surface area (Å²) >= 11 is 5.84. The second-order valence-electron chi connectivity index (χ2n) is 8.23. The molecule has 1 amide bonds. The molecule has 0 saturated carbocycles. The van der Waals surface area contributed by atoms with Crippen molar-refractivity contribution in [3.05, 3.63) is 52.6 Å². The van der Waals surface area contributed by atoms with Crippen molar-refractivity contribution in [2.45, 2.75) is 37.9 Å². The van der Waals surface area contributed by atoms with Crippen LogP contribution in [0.25, 0.3) is 0 Å². The fourth-order valence-electron chi connectivity index (χ4n) is 4.18. The Hall–Kier alpha value is -2.91. The molecule has 2 aliphatic rings. The van der Waals surface area contributed by atoms with Gasteiger partial charge in [0.25, 0.3) is 0 Å². The van der Waals surface area contributed by atoms with Crippen LogP contribution in [0.1, 0.15) is 25.3 Å². The molecule has 0 unspecified atom stereocenters. The fourth-order valence-corrected chi connectivity index (χ4v) is 4.34. The Morgan fingerprint density at radius 2 is 2.06 bits per heavy atom. The fraction of sp³-hybridized carbons (Fsp3) is 0.391. The number of ether oxygens (including phenoxy) is 2. The Labute approximate surface area is 194 Å². The van der Waals surface area contributed by atoms with Crippen LogP contribution in [0.3, 0.4) is 0 Å². The van der Waals surface area contributed by atoms with Crippen LogP contribution in [0.4, 0.5) is 20.2 Å². The lowest BCUT2D eigenvalue weighted by Gasteiger charge is -2.44. The van der Waals surface area contributed by atoms with E-state index in [2.05, 4.69) is 5.32 Å². The molecule has 7 nitrogen and oxygen atoms in total. The van der Waals surface area contributed by atoms with E-state index in [0.29, 0.717) is 17.7 Å². The topological polar surface area (TPSA) is 88.1 Å². The van der Waals surface area contributed by atoms with Crippen LogP contribution in [-0.2, 0) is 20.7 Å². The molecule has 0 aliphatic carbocycles. The third-order valence-corrected chi connectivity index (χ3v) is 6.16. The van der Waals surface area contributed by atoms with E-state index in [1.807, 2.05) is 0 Å².